The number of aryl methyl sites for hydroxylation is 1. The van der Waals surface area contributed by atoms with E-state index >= 15 is 0 Å². The van der Waals surface area contributed by atoms with Gasteiger partial charge >= 0.3 is 0 Å². The van der Waals surface area contributed by atoms with Crippen molar-refractivity contribution in [1.82, 2.24) is 9.78 Å². The molecule has 0 saturated carbocycles. The zero-order valence-corrected chi connectivity index (χ0v) is 11.7. The molecule has 0 aliphatic heterocycles. The number of nitrogens with zero attached hydrogens (tertiary/aromatic N) is 3. The molecule has 7 heteroatoms. The number of rotatable bonds is 5. The topological polar surface area (TPSA) is 85.7 Å². The van der Waals surface area contributed by atoms with E-state index in [1.54, 1.807) is 29.1 Å². The number of amidine groups is 1. The molecule has 0 saturated heterocycles. The van der Waals surface area contributed by atoms with Gasteiger partial charge in [-0.1, -0.05) is 22.8 Å². The van der Waals surface area contributed by atoms with Crippen molar-refractivity contribution in [3.63, 3.8) is 0 Å². The number of oxime groups is 1. The van der Waals surface area contributed by atoms with Crippen molar-refractivity contribution in [2.75, 3.05) is 6.61 Å². The van der Waals surface area contributed by atoms with Crippen LogP contribution in [0.5, 0.6) is 5.75 Å². The second-order valence-corrected chi connectivity index (χ2v) is 4.55. The monoisotopic (exact) mass is 294 g/mol. The van der Waals surface area contributed by atoms with Gasteiger partial charge in [0, 0.05) is 25.4 Å². The fraction of sp³-hybridized carbons (Fsp3) is 0.231. The number of hydrogen-bond acceptors (Lipinski definition) is 4. The maximum absolute atomic E-state index is 8.79. The maximum atomic E-state index is 8.79. The summed E-state index contributed by atoms with van der Waals surface area (Å²) in [5, 5.41) is 16.2. The van der Waals surface area contributed by atoms with Crippen LogP contribution >= 0.6 is 11.6 Å². The fourth-order valence-electron chi connectivity index (χ4n) is 1.84. The normalized spacial score (nSPS) is 11.6. The minimum absolute atomic E-state index is 0.0777. The Morgan fingerprint density at radius 1 is 1.50 bits per heavy atom. The highest BCUT2D eigenvalue weighted by atomic mass is 35.5. The molecule has 0 unspecified atom stereocenters. The van der Waals surface area contributed by atoms with Crippen LogP contribution in [-0.2, 0) is 13.5 Å². The van der Waals surface area contributed by atoms with E-state index in [4.69, 9.17) is 27.3 Å². The van der Waals surface area contributed by atoms with E-state index < -0.39 is 0 Å². The molecule has 1 aromatic carbocycles. The van der Waals surface area contributed by atoms with E-state index in [0.717, 1.165) is 5.69 Å². The van der Waals surface area contributed by atoms with Crippen molar-refractivity contribution in [2.45, 2.75) is 6.42 Å². The van der Waals surface area contributed by atoms with E-state index in [1.165, 1.54) is 0 Å². The van der Waals surface area contributed by atoms with Gasteiger partial charge in [-0.25, -0.2) is 0 Å². The number of ether oxygens (including phenoxy) is 1. The number of halogens is 1. The summed E-state index contributed by atoms with van der Waals surface area (Å²) in [6, 6.07) is 7.05. The van der Waals surface area contributed by atoms with Gasteiger partial charge in [-0.2, -0.15) is 5.10 Å². The molecule has 0 atom stereocenters. The van der Waals surface area contributed by atoms with Gasteiger partial charge in [-0.15, -0.1) is 0 Å². The Morgan fingerprint density at radius 2 is 2.30 bits per heavy atom. The van der Waals surface area contributed by atoms with E-state index in [1.807, 2.05) is 13.1 Å². The first-order valence-electron chi connectivity index (χ1n) is 5.99. The first-order valence-corrected chi connectivity index (χ1v) is 6.37. The predicted octanol–water partition coefficient (Wildman–Crippen LogP) is 1.79. The highest BCUT2D eigenvalue weighted by molar-refractivity contribution is 6.34. The van der Waals surface area contributed by atoms with Crippen LogP contribution in [0.15, 0.2) is 35.6 Å². The summed E-state index contributed by atoms with van der Waals surface area (Å²) in [6.45, 7) is 0.436. The average Bonchev–Trinajstić information content (AvgIpc) is 2.84. The minimum Gasteiger partial charge on any atom is -0.492 e. The Kier molecular flexibility index (Phi) is 4.47. The fourth-order valence-corrected chi connectivity index (χ4v) is 2.10. The molecular formula is C13H15ClN4O2. The summed E-state index contributed by atoms with van der Waals surface area (Å²) in [5.74, 6) is 0.404. The molecule has 0 bridgehead atoms. The van der Waals surface area contributed by atoms with Crippen LogP contribution in [0.1, 0.15) is 11.3 Å². The first-order chi connectivity index (χ1) is 9.63. The molecule has 0 aliphatic rings. The molecule has 0 spiro atoms. The van der Waals surface area contributed by atoms with Gasteiger partial charge in [0.25, 0.3) is 0 Å². The summed E-state index contributed by atoms with van der Waals surface area (Å²) < 4.78 is 7.46. The van der Waals surface area contributed by atoms with Crippen LogP contribution < -0.4 is 10.5 Å². The molecule has 2 rings (SSSR count). The lowest BCUT2D eigenvalue weighted by Gasteiger charge is -2.12. The first kappa shape index (κ1) is 14.2. The summed E-state index contributed by atoms with van der Waals surface area (Å²) in [5.41, 5.74) is 7.05. The SMILES string of the molecule is Cn1nccc1CCOc1cccc(Cl)c1/C(N)=N/O. The largest absolute Gasteiger partial charge is 0.492 e. The van der Waals surface area contributed by atoms with E-state index in [2.05, 4.69) is 10.3 Å². The van der Waals surface area contributed by atoms with Crippen LogP contribution in [0.3, 0.4) is 0 Å². The van der Waals surface area contributed by atoms with Crippen LogP contribution in [0.4, 0.5) is 0 Å². The van der Waals surface area contributed by atoms with Crippen LogP contribution in [0.25, 0.3) is 0 Å². The zero-order chi connectivity index (χ0) is 14.5. The van der Waals surface area contributed by atoms with Gasteiger partial charge in [0.15, 0.2) is 5.84 Å². The second kappa shape index (κ2) is 6.29. The predicted molar refractivity (Wildman–Crippen MR) is 76.4 cm³/mol. The number of nitrogens with two attached hydrogens (primary N) is 1. The van der Waals surface area contributed by atoms with Gasteiger partial charge in [0.1, 0.15) is 5.75 Å². The Balaban J connectivity index is 2.10. The van der Waals surface area contributed by atoms with Gasteiger partial charge in [0.2, 0.25) is 0 Å². The lowest BCUT2D eigenvalue weighted by atomic mass is 10.2. The third-order valence-corrected chi connectivity index (χ3v) is 3.19. The Labute approximate surface area is 121 Å². The van der Waals surface area contributed by atoms with Crippen molar-refractivity contribution in [2.24, 2.45) is 17.9 Å². The lowest BCUT2D eigenvalue weighted by molar-refractivity contribution is 0.312. The molecule has 2 aromatic rings. The Hall–Kier alpha value is -2.21. The smallest absolute Gasteiger partial charge is 0.175 e. The minimum atomic E-state index is -0.0777. The third kappa shape index (κ3) is 3.03. The number of benzene rings is 1. The number of aromatic nitrogens is 2. The van der Waals surface area contributed by atoms with Gasteiger partial charge < -0.3 is 15.7 Å². The molecule has 0 radical (unpaired) electrons. The quantitative estimate of drug-likeness (QED) is 0.381. The molecule has 3 N–H and O–H groups in total. The van der Waals surface area contributed by atoms with E-state index in [9.17, 15) is 0 Å². The van der Waals surface area contributed by atoms with Crippen molar-refractivity contribution in [3.8, 4) is 5.75 Å². The molecule has 0 fully saturated rings. The maximum Gasteiger partial charge on any atom is 0.175 e. The van der Waals surface area contributed by atoms with Crippen molar-refractivity contribution < 1.29 is 9.94 Å². The Morgan fingerprint density at radius 3 is 2.95 bits per heavy atom. The van der Waals surface area contributed by atoms with Gasteiger partial charge in [-0.05, 0) is 18.2 Å². The highest BCUT2D eigenvalue weighted by Crippen LogP contribution is 2.26. The summed E-state index contributed by atoms with van der Waals surface area (Å²) >= 11 is 6.04. The molecule has 1 heterocycles. The van der Waals surface area contributed by atoms with Crippen molar-refractivity contribution in [3.05, 3.63) is 46.7 Å². The van der Waals surface area contributed by atoms with Crippen molar-refractivity contribution in [1.29, 1.82) is 0 Å². The highest BCUT2D eigenvalue weighted by Gasteiger charge is 2.13. The summed E-state index contributed by atoms with van der Waals surface area (Å²) in [4.78, 5) is 0. The van der Waals surface area contributed by atoms with E-state index in [-0.39, 0.29) is 5.84 Å². The molecule has 6 nitrogen and oxygen atoms in total. The van der Waals surface area contributed by atoms with Crippen LogP contribution in [0.2, 0.25) is 5.02 Å². The van der Waals surface area contributed by atoms with Gasteiger partial charge in [-0.3, -0.25) is 4.68 Å². The number of hydrogen-bond donors (Lipinski definition) is 2. The summed E-state index contributed by atoms with van der Waals surface area (Å²) in [7, 11) is 1.87. The average molecular weight is 295 g/mol. The molecule has 0 amide bonds. The van der Waals surface area contributed by atoms with Crippen LogP contribution in [0, 0.1) is 0 Å². The van der Waals surface area contributed by atoms with Crippen molar-refractivity contribution >= 4 is 17.4 Å². The molecular weight excluding hydrogens is 280 g/mol. The molecule has 0 aliphatic carbocycles. The molecule has 20 heavy (non-hydrogen) atoms. The van der Waals surface area contributed by atoms with E-state index in [0.29, 0.717) is 29.4 Å². The standard InChI is InChI=1S/C13H15ClN4O2/c1-18-9(5-7-16-18)6-8-20-11-4-2-3-10(14)12(11)13(15)17-19/h2-5,7,19H,6,8H2,1H3,(H2,15,17). The second-order valence-electron chi connectivity index (χ2n) is 4.14. The lowest BCUT2D eigenvalue weighted by Crippen LogP contribution is -2.16. The van der Waals surface area contributed by atoms with Gasteiger partial charge in [0.05, 0.1) is 17.2 Å². The Bertz CT molecular complexity index is 625. The molecule has 106 valence electrons. The summed E-state index contributed by atoms with van der Waals surface area (Å²) in [6.07, 6.45) is 2.43. The molecule has 1 aromatic heterocycles. The zero-order valence-electron chi connectivity index (χ0n) is 11.0. The van der Waals surface area contributed by atoms with Crippen LogP contribution in [-0.4, -0.2) is 27.4 Å². The third-order valence-electron chi connectivity index (χ3n) is 2.88.